The van der Waals surface area contributed by atoms with Gasteiger partial charge in [0, 0.05) is 13.7 Å². The molecule has 5 nitrogen and oxygen atoms in total. The highest BCUT2D eigenvalue weighted by Crippen LogP contribution is 2.25. The van der Waals surface area contributed by atoms with Crippen LogP contribution in [0.2, 0.25) is 0 Å². The lowest BCUT2D eigenvalue weighted by molar-refractivity contribution is 0.00973. The maximum Gasteiger partial charge on any atom is 0.231 e. The first-order valence-electron chi connectivity index (χ1n) is 5.73. The average molecular weight is 225 g/mol. The van der Waals surface area contributed by atoms with Crippen molar-refractivity contribution < 1.29 is 9.26 Å². The zero-order chi connectivity index (χ0) is 11.6. The van der Waals surface area contributed by atoms with Crippen LogP contribution in [0.5, 0.6) is 0 Å². The monoisotopic (exact) mass is 225 g/mol. The van der Waals surface area contributed by atoms with Gasteiger partial charge < -0.3 is 14.6 Å². The van der Waals surface area contributed by atoms with E-state index in [1.54, 1.807) is 7.11 Å². The van der Waals surface area contributed by atoms with Crippen LogP contribution in [0.25, 0.3) is 0 Å². The minimum absolute atomic E-state index is 0.350. The van der Waals surface area contributed by atoms with Gasteiger partial charge in [-0.25, -0.2) is 0 Å². The van der Waals surface area contributed by atoms with E-state index in [0.717, 1.165) is 31.8 Å². The molecule has 1 aromatic heterocycles. The fourth-order valence-corrected chi connectivity index (χ4v) is 1.80. The Morgan fingerprint density at radius 3 is 2.94 bits per heavy atom. The molecule has 1 unspecified atom stereocenters. The van der Waals surface area contributed by atoms with Crippen LogP contribution in [-0.4, -0.2) is 30.3 Å². The van der Waals surface area contributed by atoms with Crippen LogP contribution in [0, 0.1) is 0 Å². The van der Waals surface area contributed by atoms with Crippen molar-refractivity contribution in [2.24, 2.45) is 0 Å². The Hall–Kier alpha value is -0.940. The summed E-state index contributed by atoms with van der Waals surface area (Å²) in [5.41, 5.74) is -0.482. The summed E-state index contributed by atoms with van der Waals surface area (Å²) in [6.07, 6.45) is 2.28. The van der Waals surface area contributed by atoms with E-state index >= 15 is 0 Å². The van der Waals surface area contributed by atoms with Crippen LogP contribution in [0.1, 0.15) is 44.3 Å². The van der Waals surface area contributed by atoms with Crippen molar-refractivity contribution in [3.8, 4) is 0 Å². The first-order chi connectivity index (χ1) is 7.63. The van der Waals surface area contributed by atoms with Gasteiger partial charge in [0.2, 0.25) is 11.7 Å². The molecule has 0 amide bonds. The van der Waals surface area contributed by atoms with Gasteiger partial charge in [0.15, 0.2) is 0 Å². The molecule has 0 saturated carbocycles. The predicted octanol–water partition coefficient (Wildman–Crippen LogP) is 1.42. The third-order valence-electron chi connectivity index (χ3n) is 3.14. The Labute approximate surface area is 95.6 Å². The van der Waals surface area contributed by atoms with Crippen molar-refractivity contribution in [2.45, 2.75) is 38.2 Å². The topological polar surface area (TPSA) is 60.2 Å². The van der Waals surface area contributed by atoms with Crippen LogP contribution in [0.15, 0.2) is 4.52 Å². The Morgan fingerprint density at radius 2 is 2.31 bits per heavy atom. The lowest BCUT2D eigenvalue weighted by Gasteiger charge is -2.19. The van der Waals surface area contributed by atoms with Gasteiger partial charge in [0.05, 0.1) is 5.92 Å². The van der Waals surface area contributed by atoms with Gasteiger partial charge in [-0.05, 0) is 33.2 Å². The minimum atomic E-state index is -0.482. The van der Waals surface area contributed by atoms with E-state index in [1.165, 1.54) is 0 Å². The SMILES string of the molecule is COC(C)(C)c1noc(C2CCCNC2)n1. The molecular formula is C11H19N3O2. The Bertz CT molecular complexity index is 343. The Balaban J connectivity index is 2.12. The summed E-state index contributed by atoms with van der Waals surface area (Å²) in [5, 5.41) is 7.33. The van der Waals surface area contributed by atoms with Gasteiger partial charge in [-0.15, -0.1) is 0 Å². The summed E-state index contributed by atoms with van der Waals surface area (Å²) in [7, 11) is 1.65. The molecule has 1 atom stereocenters. The number of rotatable bonds is 3. The molecule has 0 aromatic carbocycles. The van der Waals surface area contributed by atoms with E-state index < -0.39 is 5.60 Å². The van der Waals surface area contributed by atoms with Crippen molar-refractivity contribution in [2.75, 3.05) is 20.2 Å². The normalized spacial score (nSPS) is 22.3. The van der Waals surface area contributed by atoms with Crippen molar-refractivity contribution in [1.29, 1.82) is 0 Å². The molecule has 0 spiro atoms. The van der Waals surface area contributed by atoms with E-state index in [9.17, 15) is 0 Å². The molecule has 0 radical (unpaired) electrons. The van der Waals surface area contributed by atoms with E-state index in [4.69, 9.17) is 9.26 Å². The van der Waals surface area contributed by atoms with E-state index in [-0.39, 0.29) is 0 Å². The third kappa shape index (κ3) is 2.25. The molecule has 0 bridgehead atoms. The van der Waals surface area contributed by atoms with E-state index in [1.807, 2.05) is 13.8 Å². The van der Waals surface area contributed by atoms with Crippen LogP contribution in [-0.2, 0) is 10.3 Å². The molecule has 1 aliphatic rings. The molecule has 1 aliphatic heterocycles. The van der Waals surface area contributed by atoms with E-state index in [0.29, 0.717) is 11.7 Å². The number of ether oxygens (including phenoxy) is 1. The molecule has 1 aromatic rings. The number of nitrogens with one attached hydrogen (secondary N) is 1. The summed E-state index contributed by atoms with van der Waals surface area (Å²) < 4.78 is 10.6. The van der Waals surface area contributed by atoms with Crippen molar-refractivity contribution in [3.05, 3.63) is 11.7 Å². The van der Waals surface area contributed by atoms with E-state index in [2.05, 4.69) is 15.5 Å². The van der Waals surface area contributed by atoms with Gasteiger partial charge in [0.25, 0.3) is 0 Å². The maximum atomic E-state index is 5.32. The molecular weight excluding hydrogens is 206 g/mol. The summed E-state index contributed by atoms with van der Waals surface area (Å²) >= 11 is 0. The zero-order valence-electron chi connectivity index (χ0n) is 10.1. The standard InChI is InChI=1S/C11H19N3O2/c1-11(2,15-3)10-13-9(16-14-10)8-5-4-6-12-7-8/h8,12H,4-7H2,1-3H3. The molecule has 1 fully saturated rings. The second kappa shape index (κ2) is 4.51. The van der Waals surface area contributed by atoms with Crippen molar-refractivity contribution >= 4 is 0 Å². The summed E-state index contributed by atoms with van der Waals surface area (Å²) in [6.45, 7) is 5.87. The minimum Gasteiger partial charge on any atom is -0.371 e. The largest absolute Gasteiger partial charge is 0.371 e. The van der Waals surface area contributed by atoms with Crippen molar-refractivity contribution in [3.63, 3.8) is 0 Å². The zero-order valence-corrected chi connectivity index (χ0v) is 10.1. The number of hydrogen-bond donors (Lipinski definition) is 1. The second-order valence-corrected chi connectivity index (χ2v) is 4.71. The predicted molar refractivity (Wildman–Crippen MR) is 59.2 cm³/mol. The molecule has 0 aliphatic carbocycles. The number of nitrogens with zero attached hydrogens (tertiary/aromatic N) is 2. The number of piperidine rings is 1. The summed E-state index contributed by atoms with van der Waals surface area (Å²) in [5.74, 6) is 1.70. The molecule has 1 saturated heterocycles. The highest BCUT2D eigenvalue weighted by molar-refractivity contribution is 5.01. The number of aromatic nitrogens is 2. The Morgan fingerprint density at radius 1 is 1.50 bits per heavy atom. The molecule has 16 heavy (non-hydrogen) atoms. The van der Waals surface area contributed by atoms with Crippen LogP contribution in [0.3, 0.4) is 0 Å². The molecule has 1 N–H and O–H groups in total. The lowest BCUT2D eigenvalue weighted by atomic mass is 10.00. The van der Waals surface area contributed by atoms with Gasteiger partial charge >= 0.3 is 0 Å². The number of methoxy groups -OCH3 is 1. The second-order valence-electron chi connectivity index (χ2n) is 4.71. The quantitative estimate of drug-likeness (QED) is 0.843. The first kappa shape index (κ1) is 11.5. The van der Waals surface area contributed by atoms with Gasteiger partial charge in [0.1, 0.15) is 5.60 Å². The van der Waals surface area contributed by atoms with Crippen LogP contribution < -0.4 is 5.32 Å². The summed E-state index contributed by atoms with van der Waals surface area (Å²) in [4.78, 5) is 4.43. The molecule has 2 rings (SSSR count). The maximum absolute atomic E-state index is 5.32. The molecule has 90 valence electrons. The van der Waals surface area contributed by atoms with Crippen LogP contribution >= 0.6 is 0 Å². The molecule has 5 heteroatoms. The highest BCUT2D eigenvalue weighted by atomic mass is 16.5. The average Bonchev–Trinajstić information content (AvgIpc) is 2.80. The Kier molecular flexibility index (Phi) is 3.25. The fourth-order valence-electron chi connectivity index (χ4n) is 1.80. The van der Waals surface area contributed by atoms with Crippen LogP contribution in [0.4, 0.5) is 0 Å². The fraction of sp³-hybridized carbons (Fsp3) is 0.818. The lowest BCUT2D eigenvalue weighted by Crippen LogP contribution is -2.28. The highest BCUT2D eigenvalue weighted by Gasteiger charge is 2.28. The number of hydrogen-bond acceptors (Lipinski definition) is 5. The first-order valence-corrected chi connectivity index (χ1v) is 5.73. The van der Waals surface area contributed by atoms with Crippen molar-refractivity contribution in [1.82, 2.24) is 15.5 Å². The molecule has 2 heterocycles. The third-order valence-corrected chi connectivity index (χ3v) is 3.14. The smallest absolute Gasteiger partial charge is 0.231 e. The summed E-state index contributed by atoms with van der Waals surface area (Å²) in [6, 6.07) is 0. The van der Waals surface area contributed by atoms with Gasteiger partial charge in [-0.3, -0.25) is 0 Å². The van der Waals surface area contributed by atoms with Gasteiger partial charge in [-0.1, -0.05) is 5.16 Å². The van der Waals surface area contributed by atoms with Gasteiger partial charge in [-0.2, -0.15) is 4.98 Å².